The fraction of sp³-hybridized carbons (Fsp3) is 0.133. The van der Waals surface area contributed by atoms with Crippen LogP contribution in [0.4, 0.5) is 4.39 Å². The molecule has 1 aromatic carbocycles. The van der Waals surface area contributed by atoms with E-state index in [0.717, 1.165) is 4.83 Å². The van der Waals surface area contributed by atoms with E-state index in [9.17, 15) is 9.18 Å². The van der Waals surface area contributed by atoms with Crippen molar-refractivity contribution in [3.05, 3.63) is 47.9 Å². The summed E-state index contributed by atoms with van der Waals surface area (Å²) in [5.74, 6) is -0.645. The highest BCUT2D eigenvalue weighted by atomic mass is 32.1. The van der Waals surface area contributed by atoms with E-state index in [1.807, 2.05) is 6.07 Å². The molecule has 0 amide bonds. The maximum Gasteiger partial charge on any atom is 0.281 e. The van der Waals surface area contributed by atoms with Crippen LogP contribution in [0.3, 0.4) is 0 Å². The second-order valence-electron chi connectivity index (χ2n) is 4.33. The minimum Gasteiger partial charge on any atom is -0.428 e. The molecule has 3 aromatic rings. The zero-order valence-corrected chi connectivity index (χ0v) is 12.0. The summed E-state index contributed by atoms with van der Waals surface area (Å²) in [5.41, 5.74) is 1.05. The molecule has 0 saturated carbocycles. The highest BCUT2D eigenvalue weighted by Gasteiger charge is 2.12. The zero-order valence-electron chi connectivity index (χ0n) is 11.2. The molecule has 0 radical (unpaired) electrons. The van der Waals surface area contributed by atoms with Crippen molar-refractivity contribution in [1.29, 1.82) is 0 Å². The predicted octanol–water partition coefficient (Wildman–Crippen LogP) is 4.22. The van der Waals surface area contributed by atoms with Gasteiger partial charge in [0.15, 0.2) is 17.3 Å². The molecule has 3 rings (SSSR count). The summed E-state index contributed by atoms with van der Waals surface area (Å²) in [4.78, 5) is 20.6. The van der Waals surface area contributed by atoms with Gasteiger partial charge < -0.3 is 4.74 Å². The van der Waals surface area contributed by atoms with Crippen LogP contribution in [-0.2, 0) is 0 Å². The number of benzene rings is 1. The number of hydrogen-bond acceptors (Lipinski definition) is 5. The number of ketones is 1. The highest BCUT2D eigenvalue weighted by molar-refractivity contribution is 7.19. The molecule has 21 heavy (non-hydrogen) atoms. The number of thiazole rings is 1. The molecule has 0 aliphatic heterocycles. The summed E-state index contributed by atoms with van der Waals surface area (Å²) in [5, 5.41) is 0.317. The Morgan fingerprint density at radius 3 is 2.95 bits per heavy atom. The molecule has 0 N–H and O–H groups in total. The van der Waals surface area contributed by atoms with Gasteiger partial charge >= 0.3 is 0 Å². The van der Waals surface area contributed by atoms with Crippen molar-refractivity contribution < 1.29 is 13.9 Å². The van der Waals surface area contributed by atoms with E-state index >= 15 is 0 Å². The van der Waals surface area contributed by atoms with Gasteiger partial charge in [-0.3, -0.25) is 4.79 Å². The second-order valence-corrected chi connectivity index (χ2v) is 5.27. The van der Waals surface area contributed by atoms with Crippen molar-refractivity contribution >= 4 is 27.5 Å². The molecule has 0 bridgehead atoms. The van der Waals surface area contributed by atoms with Gasteiger partial charge in [0.05, 0.1) is 0 Å². The number of pyridine rings is 1. The van der Waals surface area contributed by atoms with Crippen LogP contribution < -0.4 is 4.74 Å². The maximum atomic E-state index is 14.0. The topological polar surface area (TPSA) is 52.1 Å². The molecule has 0 spiro atoms. The second kappa shape index (κ2) is 5.57. The molecule has 2 aromatic heterocycles. The first-order valence-corrected chi connectivity index (χ1v) is 7.21. The summed E-state index contributed by atoms with van der Waals surface area (Å²) >= 11 is 1.24. The van der Waals surface area contributed by atoms with E-state index in [1.54, 1.807) is 25.3 Å². The smallest absolute Gasteiger partial charge is 0.281 e. The zero-order chi connectivity index (χ0) is 14.8. The molecule has 4 nitrogen and oxygen atoms in total. The predicted molar refractivity (Wildman–Crippen MR) is 78.5 cm³/mol. The number of aromatic nitrogens is 2. The normalized spacial score (nSPS) is 10.8. The lowest BCUT2D eigenvalue weighted by atomic mass is 10.1. The first-order valence-electron chi connectivity index (χ1n) is 6.39. The van der Waals surface area contributed by atoms with E-state index in [2.05, 4.69) is 9.97 Å². The molecular formula is C15H11FN2O2S. The lowest BCUT2D eigenvalue weighted by Gasteiger charge is -2.04. The van der Waals surface area contributed by atoms with Crippen LogP contribution in [0.15, 0.2) is 36.5 Å². The van der Waals surface area contributed by atoms with Gasteiger partial charge in [0.2, 0.25) is 0 Å². The molecule has 106 valence electrons. The first kappa shape index (κ1) is 13.6. The van der Waals surface area contributed by atoms with Gasteiger partial charge in [0.25, 0.3) is 5.19 Å². The van der Waals surface area contributed by atoms with E-state index in [4.69, 9.17) is 4.74 Å². The Balaban J connectivity index is 1.89. The van der Waals surface area contributed by atoms with Crippen molar-refractivity contribution in [3.8, 4) is 10.9 Å². The fourth-order valence-corrected chi connectivity index (χ4v) is 2.62. The van der Waals surface area contributed by atoms with Crippen LogP contribution in [0.25, 0.3) is 10.3 Å². The third kappa shape index (κ3) is 2.75. The SMILES string of the molecule is CCC(=O)c1ccc(Oc2nc3cccnc3s2)c(F)c1. The average Bonchev–Trinajstić information content (AvgIpc) is 2.90. The number of carbonyl (C=O) groups is 1. The number of nitrogens with zero attached hydrogens (tertiary/aromatic N) is 2. The minimum atomic E-state index is -0.582. The van der Waals surface area contributed by atoms with Gasteiger partial charge in [-0.1, -0.05) is 18.3 Å². The van der Waals surface area contributed by atoms with Crippen LogP contribution in [0.2, 0.25) is 0 Å². The summed E-state index contributed by atoms with van der Waals surface area (Å²) in [7, 11) is 0. The molecule has 0 aliphatic carbocycles. The van der Waals surface area contributed by atoms with Gasteiger partial charge in [-0.15, -0.1) is 0 Å². The molecule has 0 unspecified atom stereocenters. The summed E-state index contributed by atoms with van der Waals surface area (Å²) in [6.45, 7) is 1.73. The summed E-state index contributed by atoms with van der Waals surface area (Å²) < 4.78 is 19.4. The lowest BCUT2D eigenvalue weighted by Crippen LogP contribution is -1.98. The lowest BCUT2D eigenvalue weighted by molar-refractivity contribution is 0.0987. The number of rotatable bonds is 4. The number of halogens is 1. The monoisotopic (exact) mass is 302 g/mol. The number of Topliss-reactive ketones (excluding diaryl/α,β-unsaturated/α-hetero) is 1. The van der Waals surface area contributed by atoms with E-state index < -0.39 is 5.82 Å². The Bertz CT molecular complexity index is 783. The van der Waals surface area contributed by atoms with E-state index in [-0.39, 0.29) is 11.5 Å². The largest absolute Gasteiger partial charge is 0.428 e. The van der Waals surface area contributed by atoms with Crippen molar-refractivity contribution in [1.82, 2.24) is 9.97 Å². The third-order valence-corrected chi connectivity index (χ3v) is 3.78. The number of carbonyl (C=O) groups excluding carboxylic acids is 1. The number of fused-ring (bicyclic) bond motifs is 1. The van der Waals surface area contributed by atoms with Crippen LogP contribution >= 0.6 is 11.3 Å². The van der Waals surface area contributed by atoms with Crippen molar-refractivity contribution in [2.24, 2.45) is 0 Å². The Morgan fingerprint density at radius 1 is 1.38 bits per heavy atom. The summed E-state index contributed by atoms with van der Waals surface area (Å²) in [6.07, 6.45) is 2.00. The van der Waals surface area contributed by atoms with Gasteiger partial charge in [-0.25, -0.2) is 14.4 Å². The number of hydrogen-bond donors (Lipinski definition) is 0. The van der Waals surface area contributed by atoms with Crippen molar-refractivity contribution in [3.63, 3.8) is 0 Å². The molecule has 6 heteroatoms. The molecule has 0 aliphatic rings. The Hall–Kier alpha value is -2.34. The molecule has 0 atom stereocenters. The minimum absolute atomic E-state index is 0.0432. The molecule has 0 saturated heterocycles. The Kier molecular flexibility index (Phi) is 3.62. The molecule has 2 heterocycles. The van der Waals surface area contributed by atoms with Crippen LogP contribution in [0.5, 0.6) is 10.9 Å². The maximum absolute atomic E-state index is 14.0. The van der Waals surface area contributed by atoms with Crippen molar-refractivity contribution in [2.75, 3.05) is 0 Å². The fourth-order valence-electron chi connectivity index (χ4n) is 1.85. The molecular weight excluding hydrogens is 291 g/mol. The average molecular weight is 302 g/mol. The van der Waals surface area contributed by atoms with Gasteiger partial charge in [0.1, 0.15) is 10.3 Å². The van der Waals surface area contributed by atoms with Crippen LogP contribution in [0.1, 0.15) is 23.7 Å². The Morgan fingerprint density at radius 2 is 2.24 bits per heavy atom. The van der Waals surface area contributed by atoms with Crippen LogP contribution in [-0.4, -0.2) is 15.8 Å². The van der Waals surface area contributed by atoms with Crippen molar-refractivity contribution in [2.45, 2.75) is 13.3 Å². The quantitative estimate of drug-likeness (QED) is 0.677. The number of ether oxygens (including phenoxy) is 1. The standard InChI is InChI=1S/C15H11FN2O2S/c1-2-12(19)9-5-6-13(10(16)8-9)20-15-18-11-4-3-7-17-14(11)21-15/h3-8H,2H2,1H3. The Labute approximate surface area is 124 Å². The summed E-state index contributed by atoms with van der Waals surface area (Å²) in [6, 6.07) is 7.77. The van der Waals surface area contributed by atoms with E-state index in [1.165, 1.54) is 23.5 Å². The third-order valence-electron chi connectivity index (χ3n) is 2.92. The van der Waals surface area contributed by atoms with Crippen LogP contribution in [0, 0.1) is 5.82 Å². The van der Waals surface area contributed by atoms with Gasteiger partial charge in [-0.2, -0.15) is 0 Å². The highest BCUT2D eigenvalue weighted by Crippen LogP contribution is 2.31. The van der Waals surface area contributed by atoms with Gasteiger partial charge in [-0.05, 0) is 30.3 Å². The molecule has 0 fully saturated rings. The van der Waals surface area contributed by atoms with E-state index in [0.29, 0.717) is 22.7 Å². The first-order chi connectivity index (χ1) is 10.2. The van der Waals surface area contributed by atoms with Gasteiger partial charge in [0, 0.05) is 18.2 Å².